The van der Waals surface area contributed by atoms with Crippen LogP contribution in [0.5, 0.6) is 11.5 Å². The Bertz CT molecular complexity index is 821. The summed E-state index contributed by atoms with van der Waals surface area (Å²) < 4.78 is 12.8. The van der Waals surface area contributed by atoms with Crippen LogP contribution in [0.25, 0.3) is 0 Å². The first kappa shape index (κ1) is 25.2. The number of nitrogens with one attached hydrogen (secondary N) is 2. The van der Waals surface area contributed by atoms with Gasteiger partial charge in [-0.15, -0.1) is 34.2 Å². The van der Waals surface area contributed by atoms with Gasteiger partial charge in [0.15, 0.2) is 5.96 Å². The van der Waals surface area contributed by atoms with Gasteiger partial charge >= 0.3 is 0 Å². The maximum atomic E-state index is 5.38. The van der Waals surface area contributed by atoms with Gasteiger partial charge in [-0.25, -0.2) is 0 Å². The van der Waals surface area contributed by atoms with Crippen molar-refractivity contribution in [1.29, 1.82) is 0 Å². The van der Waals surface area contributed by atoms with E-state index in [2.05, 4.69) is 54.3 Å². The van der Waals surface area contributed by atoms with Crippen molar-refractivity contribution < 1.29 is 9.47 Å². The molecule has 3 rings (SSSR count). The fraction of sp³-hybridized carbons (Fsp3) is 0.571. The van der Waals surface area contributed by atoms with E-state index in [1.165, 1.54) is 5.56 Å². The van der Waals surface area contributed by atoms with Crippen LogP contribution in [0.15, 0.2) is 29.5 Å². The first-order valence-corrected chi connectivity index (χ1v) is 10.4. The van der Waals surface area contributed by atoms with Crippen LogP contribution in [0.4, 0.5) is 0 Å². The molecule has 1 aromatic carbocycles. The van der Waals surface area contributed by atoms with E-state index in [0.29, 0.717) is 6.04 Å². The third-order valence-corrected chi connectivity index (χ3v) is 5.31. The van der Waals surface area contributed by atoms with E-state index in [1.807, 2.05) is 6.07 Å². The lowest BCUT2D eigenvalue weighted by molar-refractivity contribution is 0.321. The molecule has 1 aromatic heterocycles. The van der Waals surface area contributed by atoms with Gasteiger partial charge in [-0.2, -0.15) is 0 Å². The zero-order valence-corrected chi connectivity index (χ0v) is 21.1. The van der Waals surface area contributed by atoms with Gasteiger partial charge in [0.2, 0.25) is 0 Å². The lowest BCUT2D eigenvalue weighted by atomic mass is 10.2. The van der Waals surface area contributed by atoms with Crippen LogP contribution in [0.1, 0.15) is 24.7 Å². The molecule has 2 aromatic rings. The third kappa shape index (κ3) is 7.23. The second-order valence-corrected chi connectivity index (χ2v) is 7.38. The smallest absolute Gasteiger partial charge is 0.191 e. The molecule has 0 saturated carbocycles. The Kier molecular flexibility index (Phi) is 10.3. The molecule has 0 amide bonds. The molecule has 31 heavy (non-hydrogen) atoms. The number of aliphatic imine (C=N–C) groups is 1. The molecule has 2 heterocycles. The fourth-order valence-electron chi connectivity index (χ4n) is 3.73. The number of aryl methyl sites for hydroxylation is 1. The van der Waals surface area contributed by atoms with Crippen molar-refractivity contribution in [3.05, 3.63) is 35.9 Å². The van der Waals surface area contributed by atoms with E-state index in [1.54, 1.807) is 27.6 Å². The van der Waals surface area contributed by atoms with Gasteiger partial charge in [0.25, 0.3) is 0 Å². The van der Waals surface area contributed by atoms with Crippen LogP contribution in [0.2, 0.25) is 0 Å². The molecule has 0 bridgehead atoms. The van der Waals surface area contributed by atoms with Crippen molar-refractivity contribution in [2.24, 2.45) is 4.99 Å². The number of aromatic nitrogens is 3. The van der Waals surface area contributed by atoms with Crippen molar-refractivity contribution in [3.63, 3.8) is 0 Å². The molecule has 1 saturated heterocycles. The molecule has 1 fully saturated rings. The van der Waals surface area contributed by atoms with Crippen molar-refractivity contribution >= 4 is 29.9 Å². The highest BCUT2D eigenvalue weighted by Crippen LogP contribution is 2.24. The standard InChI is InChI=1S/C21H33N7O2.HI/c1-5-20-26-24-15-28(20)9-7-23-21(22-2)25-17-6-8-27(14-17)13-16-10-18(29-3)12-19(11-16)30-4;/h10-12,15,17H,5-9,13-14H2,1-4H3,(H2,22,23,25);1H. The Morgan fingerprint density at radius 3 is 2.61 bits per heavy atom. The van der Waals surface area contributed by atoms with Gasteiger partial charge in [0.1, 0.15) is 23.7 Å². The highest BCUT2D eigenvalue weighted by atomic mass is 127. The Hall–Kier alpha value is -2.08. The fourth-order valence-corrected chi connectivity index (χ4v) is 3.73. The third-order valence-electron chi connectivity index (χ3n) is 5.31. The number of nitrogens with zero attached hydrogens (tertiary/aromatic N) is 5. The number of rotatable bonds is 9. The average Bonchev–Trinajstić information content (AvgIpc) is 3.41. The van der Waals surface area contributed by atoms with Crippen LogP contribution in [0.3, 0.4) is 0 Å². The summed E-state index contributed by atoms with van der Waals surface area (Å²) in [6.07, 6.45) is 3.73. The predicted molar refractivity (Wildman–Crippen MR) is 133 cm³/mol. The van der Waals surface area contributed by atoms with E-state index in [0.717, 1.165) is 68.8 Å². The Labute approximate surface area is 201 Å². The molecule has 0 spiro atoms. The summed E-state index contributed by atoms with van der Waals surface area (Å²) in [5, 5.41) is 15.0. The Morgan fingerprint density at radius 1 is 1.23 bits per heavy atom. The quantitative estimate of drug-likeness (QED) is 0.284. The van der Waals surface area contributed by atoms with Gasteiger partial charge in [-0.1, -0.05) is 6.92 Å². The maximum absolute atomic E-state index is 5.38. The van der Waals surface area contributed by atoms with E-state index in [4.69, 9.17) is 9.47 Å². The highest BCUT2D eigenvalue weighted by Gasteiger charge is 2.23. The van der Waals surface area contributed by atoms with E-state index in [-0.39, 0.29) is 24.0 Å². The van der Waals surface area contributed by atoms with Crippen LogP contribution in [-0.2, 0) is 19.5 Å². The number of ether oxygens (including phenoxy) is 2. The molecule has 9 nitrogen and oxygen atoms in total. The van der Waals surface area contributed by atoms with Crippen LogP contribution in [0, 0.1) is 0 Å². The first-order chi connectivity index (χ1) is 14.6. The minimum atomic E-state index is 0. The van der Waals surface area contributed by atoms with Crippen LogP contribution >= 0.6 is 24.0 Å². The second kappa shape index (κ2) is 12.7. The number of likely N-dealkylation sites (tertiary alicyclic amines) is 1. The SMILES string of the molecule is CCc1nncn1CCNC(=NC)NC1CCN(Cc2cc(OC)cc(OC)c2)C1.I. The second-order valence-electron chi connectivity index (χ2n) is 7.38. The number of hydrogen-bond acceptors (Lipinski definition) is 6. The highest BCUT2D eigenvalue weighted by molar-refractivity contribution is 14.0. The van der Waals surface area contributed by atoms with Crippen molar-refractivity contribution in [1.82, 2.24) is 30.3 Å². The Morgan fingerprint density at radius 2 is 1.97 bits per heavy atom. The molecule has 1 aliphatic rings. The zero-order chi connectivity index (χ0) is 21.3. The Balaban J connectivity index is 0.00000341. The summed E-state index contributed by atoms with van der Waals surface area (Å²) in [6.45, 7) is 6.53. The molecule has 2 N–H and O–H groups in total. The number of benzene rings is 1. The zero-order valence-electron chi connectivity index (χ0n) is 18.8. The van der Waals surface area contributed by atoms with E-state index < -0.39 is 0 Å². The van der Waals surface area contributed by atoms with Crippen molar-refractivity contribution in [2.45, 2.75) is 38.9 Å². The largest absolute Gasteiger partial charge is 0.497 e. The average molecular weight is 543 g/mol. The topological polar surface area (TPSA) is 88.8 Å². The molecular formula is C21H34IN7O2. The summed E-state index contributed by atoms with van der Waals surface area (Å²) >= 11 is 0. The summed E-state index contributed by atoms with van der Waals surface area (Å²) in [5.74, 6) is 3.47. The molecule has 1 unspecified atom stereocenters. The summed E-state index contributed by atoms with van der Waals surface area (Å²) in [4.78, 5) is 6.80. The van der Waals surface area contributed by atoms with Gasteiger partial charge in [0.05, 0.1) is 14.2 Å². The van der Waals surface area contributed by atoms with Gasteiger partial charge < -0.3 is 24.7 Å². The summed E-state index contributed by atoms with van der Waals surface area (Å²) in [5.41, 5.74) is 1.19. The molecule has 10 heteroatoms. The number of guanidine groups is 1. The molecule has 0 radical (unpaired) electrons. The summed E-state index contributed by atoms with van der Waals surface area (Å²) in [7, 11) is 5.17. The van der Waals surface area contributed by atoms with Crippen molar-refractivity contribution in [2.75, 3.05) is 40.9 Å². The number of methoxy groups -OCH3 is 2. The number of hydrogen-bond donors (Lipinski definition) is 2. The monoisotopic (exact) mass is 543 g/mol. The normalized spacial score (nSPS) is 16.6. The molecule has 1 aliphatic heterocycles. The van der Waals surface area contributed by atoms with Gasteiger partial charge in [-0.3, -0.25) is 9.89 Å². The van der Waals surface area contributed by atoms with E-state index in [9.17, 15) is 0 Å². The lowest BCUT2D eigenvalue weighted by Crippen LogP contribution is -2.45. The van der Waals surface area contributed by atoms with Crippen molar-refractivity contribution in [3.8, 4) is 11.5 Å². The van der Waals surface area contributed by atoms with E-state index >= 15 is 0 Å². The number of halogens is 1. The minimum Gasteiger partial charge on any atom is -0.497 e. The molecule has 0 aliphatic carbocycles. The van der Waals surface area contributed by atoms with Gasteiger partial charge in [-0.05, 0) is 24.1 Å². The minimum absolute atomic E-state index is 0. The summed E-state index contributed by atoms with van der Waals surface area (Å²) in [6, 6.07) is 6.40. The first-order valence-electron chi connectivity index (χ1n) is 10.4. The van der Waals surface area contributed by atoms with Crippen LogP contribution in [-0.4, -0.2) is 72.6 Å². The maximum Gasteiger partial charge on any atom is 0.191 e. The predicted octanol–water partition coefficient (Wildman–Crippen LogP) is 1.92. The molecular weight excluding hydrogens is 509 g/mol. The lowest BCUT2D eigenvalue weighted by Gasteiger charge is -2.19. The molecule has 1 atom stereocenters. The van der Waals surface area contributed by atoms with Crippen LogP contribution < -0.4 is 20.1 Å². The molecule has 172 valence electrons. The van der Waals surface area contributed by atoms with Gasteiger partial charge in [0, 0.05) is 58.3 Å².